The Hall–Kier alpha value is -1.91. The van der Waals surface area contributed by atoms with Gasteiger partial charge in [0.15, 0.2) is 0 Å². The van der Waals surface area contributed by atoms with Crippen molar-refractivity contribution < 1.29 is 0 Å². The summed E-state index contributed by atoms with van der Waals surface area (Å²) in [5.41, 5.74) is 2.05. The van der Waals surface area contributed by atoms with Gasteiger partial charge in [-0.25, -0.2) is 0 Å². The Morgan fingerprint density at radius 3 is 2.83 bits per heavy atom. The second-order valence-electron chi connectivity index (χ2n) is 4.63. The van der Waals surface area contributed by atoms with Gasteiger partial charge in [0.1, 0.15) is 0 Å². The van der Waals surface area contributed by atoms with E-state index in [9.17, 15) is 0 Å². The molecule has 2 atom stereocenters. The molecule has 0 saturated heterocycles. The molecule has 0 aliphatic carbocycles. The molecule has 1 heterocycles. The number of nitrogens with one attached hydrogen (secondary N) is 2. The second kappa shape index (κ2) is 5.62. The molecule has 2 rings (SSSR count). The minimum Gasteiger partial charge on any atom is -0.382 e. The smallest absolute Gasteiger partial charge is 0.204 e. The molecule has 1 aromatic carbocycles. The zero-order valence-corrected chi connectivity index (χ0v) is 11.0. The number of hydrogen-bond donors (Lipinski definition) is 2. The monoisotopic (exact) mass is 245 g/mol. The van der Waals surface area contributed by atoms with Gasteiger partial charge >= 0.3 is 0 Å². The fourth-order valence-electron chi connectivity index (χ4n) is 1.79. The average Bonchev–Trinajstić information content (AvgIpc) is 2.92. The third-order valence-corrected chi connectivity index (χ3v) is 3.36. The molecule has 5 heteroatoms. The van der Waals surface area contributed by atoms with E-state index in [1.165, 1.54) is 6.42 Å². The normalized spacial score (nSPS) is 14.2. The third kappa shape index (κ3) is 2.85. The van der Waals surface area contributed by atoms with Crippen molar-refractivity contribution in [3.63, 3.8) is 0 Å². The number of benzene rings is 1. The maximum absolute atomic E-state index is 3.98. The fraction of sp³-hybridized carbons (Fsp3) is 0.462. The highest BCUT2D eigenvalue weighted by molar-refractivity contribution is 5.61. The van der Waals surface area contributed by atoms with Crippen LogP contribution in [0.5, 0.6) is 0 Å². The Kier molecular flexibility index (Phi) is 3.92. The summed E-state index contributed by atoms with van der Waals surface area (Å²) >= 11 is 0. The summed E-state index contributed by atoms with van der Waals surface area (Å²) in [5, 5.41) is 17.5. The number of tetrazole rings is 1. The van der Waals surface area contributed by atoms with Crippen LogP contribution in [-0.2, 0) is 0 Å². The van der Waals surface area contributed by atoms with Crippen LogP contribution in [0.25, 0.3) is 11.4 Å². The number of H-pyrrole nitrogens is 1. The molecule has 0 fully saturated rings. The maximum atomic E-state index is 3.98. The fourth-order valence-corrected chi connectivity index (χ4v) is 1.79. The van der Waals surface area contributed by atoms with E-state index in [1.807, 2.05) is 18.2 Å². The summed E-state index contributed by atoms with van der Waals surface area (Å²) < 4.78 is 0. The van der Waals surface area contributed by atoms with Gasteiger partial charge in [0.05, 0.1) is 0 Å². The number of aromatic amines is 1. The first kappa shape index (κ1) is 12.5. The maximum Gasteiger partial charge on any atom is 0.204 e. The molecule has 0 radical (unpaired) electrons. The van der Waals surface area contributed by atoms with E-state index in [4.69, 9.17) is 0 Å². The Morgan fingerprint density at radius 1 is 1.33 bits per heavy atom. The van der Waals surface area contributed by atoms with Crippen molar-refractivity contribution in [3.05, 3.63) is 24.3 Å². The minimum absolute atomic E-state index is 0.440. The molecule has 18 heavy (non-hydrogen) atoms. The predicted octanol–water partition coefficient (Wildman–Crippen LogP) is 2.71. The molecule has 0 saturated carbocycles. The van der Waals surface area contributed by atoms with E-state index in [2.05, 4.69) is 52.8 Å². The van der Waals surface area contributed by atoms with Crippen molar-refractivity contribution in [3.8, 4) is 11.4 Å². The summed E-state index contributed by atoms with van der Waals surface area (Å²) in [7, 11) is 0. The van der Waals surface area contributed by atoms with E-state index in [0.29, 0.717) is 17.8 Å². The lowest BCUT2D eigenvalue weighted by molar-refractivity contribution is 0.495. The van der Waals surface area contributed by atoms with Crippen LogP contribution in [0.4, 0.5) is 5.69 Å². The summed E-state index contributed by atoms with van der Waals surface area (Å²) in [6, 6.07) is 8.52. The molecule has 0 aliphatic rings. The first-order valence-corrected chi connectivity index (χ1v) is 6.31. The first-order valence-electron chi connectivity index (χ1n) is 6.31. The molecule has 0 spiro atoms. The van der Waals surface area contributed by atoms with Gasteiger partial charge in [-0.05, 0) is 30.2 Å². The highest BCUT2D eigenvalue weighted by atomic mass is 15.5. The molecule has 0 amide bonds. The SMILES string of the molecule is CCC(C)C(C)Nc1cccc(-c2nn[nH]n2)c1. The van der Waals surface area contributed by atoms with E-state index in [0.717, 1.165) is 11.3 Å². The van der Waals surface area contributed by atoms with Crippen molar-refractivity contribution in [2.24, 2.45) is 5.92 Å². The topological polar surface area (TPSA) is 66.5 Å². The van der Waals surface area contributed by atoms with Gasteiger partial charge in [0.2, 0.25) is 5.82 Å². The van der Waals surface area contributed by atoms with E-state index in [-0.39, 0.29) is 0 Å². The van der Waals surface area contributed by atoms with Gasteiger partial charge in [-0.15, -0.1) is 10.2 Å². The van der Waals surface area contributed by atoms with Gasteiger partial charge in [0, 0.05) is 17.3 Å². The summed E-state index contributed by atoms with van der Waals surface area (Å²) in [6.45, 7) is 6.66. The Labute approximate surface area is 107 Å². The molecule has 96 valence electrons. The Balaban J connectivity index is 2.13. The lowest BCUT2D eigenvalue weighted by Gasteiger charge is -2.21. The lowest BCUT2D eigenvalue weighted by atomic mass is 10.0. The van der Waals surface area contributed by atoms with Crippen molar-refractivity contribution in [2.45, 2.75) is 33.2 Å². The number of anilines is 1. The van der Waals surface area contributed by atoms with Gasteiger partial charge < -0.3 is 5.32 Å². The molecule has 2 aromatic rings. The second-order valence-corrected chi connectivity index (χ2v) is 4.63. The van der Waals surface area contributed by atoms with Gasteiger partial charge in [0.25, 0.3) is 0 Å². The summed E-state index contributed by atoms with van der Waals surface area (Å²) in [5.74, 6) is 1.26. The van der Waals surface area contributed by atoms with Crippen LogP contribution in [0.3, 0.4) is 0 Å². The van der Waals surface area contributed by atoms with Crippen LogP contribution < -0.4 is 5.32 Å². The predicted molar refractivity (Wildman–Crippen MR) is 72.2 cm³/mol. The molecule has 0 aliphatic heterocycles. The van der Waals surface area contributed by atoms with Gasteiger partial charge in [-0.1, -0.05) is 32.4 Å². The van der Waals surface area contributed by atoms with Gasteiger partial charge in [-0.3, -0.25) is 0 Å². The van der Waals surface area contributed by atoms with Crippen LogP contribution in [0.15, 0.2) is 24.3 Å². The van der Waals surface area contributed by atoms with Crippen LogP contribution in [-0.4, -0.2) is 26.7 Å². The Morgan fingerprint density at radius 2 is 2.17 bits per heavy atom. The zero-order valence-electron chi connectivity index (χ0n) is 11.0. The first-order chi connectivity index (χ1) is 8.70. The van der Waals surface area contributed by atoms with Crippen molar-refractivity contribution >= 4 is 5.69 Å². The molecule has 1 aromatic heterocycles. The third-order valence-electron chi connectivity index (χ3n) is 3.36. The molecule has 5 nitrogen and oxygen atoms in total. The van der Waals surface area contributed by atoms with Crippen LogP contribution >= 0.6 is 0 Å². The van der Waals surface area contributed by atoms with Crippen molar-refractivity contribution in [1.82, 2.24) is 20.6 Å². The van der Waals surface area contributed by atoms with E-state index in [1.54, 1.807) is 0 Å². The number of aromatic nitrogens is 4. The zero-order chi connectivity index (χ0) is 13.0. The molecular weight excluding hydrogens is 226 g/mol. The molecular formula is C13H19N5. The van der Waals surface area contributed by atoms with E-state index < -0.39 is 0 Å². The van der Waals surface area contributed by atoms with Crippen molar-refractivity contribution in [2.75, 3.05) is 5.32 Å². The largest absolute Gasteiger partial charge is 0.382 e. The quantitative estimate of drug-likeness (QED) is 0.850. The van der Waals surface area contributed by atoms with Crippen molar-refractivity contribution in [1.29, 1.82) is 0 Å². The Bertz CT molecular complexity index is 480. The average molecular weight is 245 g/mol. The number of rotatable bonds is 5. The van der Waals surface area contributed by atoms with Crippen LogP contribution in [0.1, 0.15) is 27.2 Å². The summed E-state index contributed by atoms with van der Waals surface area (Å²) in [6.07, 6.45) is 1.17. The van der Waals surface area contributed by atoms with Crippen LogP contribution in [0, 0.1) is 5.92 Å². The molecule has 2 N–H and O–H groups in total. The highest BCUT2D eigenvalue weighted by Gasteiger charge is 2.10. The van der Waals surface area contributed by atoms with E-state index >= 15 is 0 Å². The minimum atomic E-state index is 0.440. The highest BCUT2D eigenvalue weighted by Crippen LogP contribution is 2.20. The number of hydrogen-bond acceptors (Lipinski definition) is 4. The number of nitrogens with zero attached hydrogens (tertiary/aromatic N) is 3. The van der Waals surface area contributed by atoms with Crippen LogP contribution in [0.2, 0.25) is 0 Å². The van der Waals surface area contributed by atoms with Gasteiger partial charge in [-0.2, -0.15) is 5.21 Å². The lowest BCUT2D eigenvalue weighted by Crippen LogP contribution is -2.23. The molecule has 0 bridgehead atoms. The summed E-state index contributed by atoms with van der Waals surface area (Å²) in [4.78, 5) is 0. The standard InChI is InChI=1S/C13H19N5/c1-4-9(2)10(3)14-12-7-5-6-11(8-12)13-15-17-18-16-13/h5-10,14H,4H2,1-3H3,(H,15,16,17,18). The molecule has 2 unspecified atom stereocenters.